The van der Waals surface area contributed by atoms with Crippen molar-refractivity contribution < 1.29 is 9.18 Å². The van der Waals surface area contributed by atoms with E-state index in [2.05, 4.69) is 5.32 Å². The van der Waals surface area contributed by atoms with Gasteiger partial charge < -0.3 is 5.32 Å². The lowest BCUT2D eigenvalue weighted by atomic mass is 10.0. The Labute approximate surface area is 79.7 Å². The van der Waals surface area contributed by atoms with E-state index in [1.54, 1.807) is 6.07 Å². The quantitative estimate of drug-likeness (QED) is 0.678. The van der Waals surface area contributed by atoms with Crippen molar-refractivity contribution in [2.45, 2.75) is 6.42 Å². The molecule has 0 spiro atoms. The van der Waals surface area contributed by atoms with Crippen LogP contribution in [0.3, 0.4) is 0 Å². The number of nitrogens with one attached hydrogen (secondary N) is 1. The van der Waals surface area contributed by atoms with Crippen LogP contribution in [-0.4, -0.2) is 12.5 Å². The fourth-order valence-electron chi connectivity index (χ4n) is 1.44. The zero-order chi connectivity index (χ0) is 9.42. The molecule has 1 N–H and O–H groups in total. The van der Waals surface area contributed by atoms with Gasteiger partial charge in [0.15, 0.2) is 0 Å². The second kappa shape index (κ2) is 3.00. The maximum absolute atomic E-state index is 13.0. The molecule has 1 amide bonds. The van der Waals surface area contributed by atoms with Crippen LogP contribution < -0.4 is 5.32 Å². The van der Waals surface area contributed by atoms with Gasteiger partial charge in [0.05, 0.1) is 10.6 Å². The number of rotatable bonds is 0. The second-order valence-corrected chi connectivity index (χ2v) is 3.28. The summed E-state index contributed by atoms with van der Waals surface area (Å²) in [6.07, 6.45) is 0.709. The van der Waals surface area contributed by atoms with Crippen LogP contribution in [0.15, 0.2) is 12.1 Å². The monoisotopic (exact) mass is 199 g/mol. The van der Waals surface area contributed by atoms with Crippen LogP contribution in [0.1, 0.15) is 15.9 Å². The summed E-state index contributed by atoms with van der Waals surface area (Å²) in [7, 11) is 0. The van der Waals surface area contributed by atoms with Crippen LogP contribution in [-0.2, 0) is 6.42 Å². The normalized spacial score (nSPS) is 15.1. The first-order chi connectivity index (χ1) is 6.20. The summed E-state index contributed by atoms with van der Waals surface area (Å²) in [6, 6.07) is 2.90. The first-order valence-electron chi connectivity index (χ1n) is 3.95. The van der Waals surface area contributed by atoms with Crippen molar-refractivity contribution in [3.63, 3.8) is 0 Å². The van der Waals surface area contributed by atoms with Crippen molar-refractivity contribution in [3.8, 4) is 0 Å². The van der Waals surface area contributed by atoms with E-state index >= 15 is 0 Å². The molecule has 1 aliphatic heterocycles. The van der Waals surface area contributed by atoms with E-state index in [0.717, 1.165) is 5.56 Å². The average molecular weight is 200 g/mol. The Bertz CT molecular complexity index is 378. The minimum absolute atomic E-state index is 0.0744. The van der Waals surface area contributed by atoms with Crippen molar-refractivity contribution >= 4 is 17.5 Å². The Kier molecular flexibility index (Phi) is 1.96. The summed E-state index contributed by atoms with van der Waals surface area (Å²) in [5.41, 5.74) is 1.10. The van der Waals surface area contributed by atoms with Crippen LogP contribution in [0.2, 0.25) is 5.02 Å². The van der Waals surface area contributed by atoms with Crippen LogP contribution in [0, 0.1) is 5.82 Å². The molecule has 0 saturated heterocycles. The lowest BCUT2D eigenvalue weighted by Gasteiger charge is -2.17. The number of benzene rings is 1. The molecule has 13 heavy (non-hydrogen) atoms. The molecule has 2 nitrogen and oxygen atoms in total. The van der Waals surface area contributed by atoms with E-state index in [1.807, 2.05) is 0 Å². The third-order valence-electron chi connectivity index (χ3n) is 2.09. The molecule has 0 saturated carbocycles. The molecule has 4 heteroatoms. The van der Waals surface area contributed by atoms with Gasteiger partial charge in [0.2, 0.25) is 0 Å². The van der Waals surface area contributed by atoms with Gasteiger partial charge in [-0.15, -0.1) is 0 Å². The zero-order valence-corrected chi connectivity index (χ0v) is 7.49. The summed E-state index contributed by atoms with van der Waals surface area (Å²) >= 11 is 5.67. The molecule has 1 heterocycles. The topological polar surface area (TPSA) is 29.1 Å². The van der Waals surface area contributed by atoms with Crippen molar-refractivity contribution in [3.05, 3.63) is 34.1 Å². The largest absolute Gasteiger partial charge is 0.352 e. The minimum atomic E-state index is -0.544. The summed E-state index contributed by atoms with van der Waals surface area (Å²) < 4.78 is 13.0. The fraction of sp³-hybridized carbons (Fsp3) is 0.222. The molecule has 0 radical (unpaired) electrons. The van der Waals surface area contributed by atoms with Crippen molar-refractivity contribution in [2.24, 2.45) is 0 Å². The summed E-state index contributed by atoms with van der Waals surface area (Å²) in [4.78, 5) is 11.3. The van der Waals surface area contributed by atoms with Crippen molar-refractivity contribution in [2.75, 3.05) is 6.54 Å². The molecule has 0 atom stereocenters. The number of halogens is 2. The molecule has 2 rings (SSSR count). The van der Waals surface area contributed by atoms with Gasteiger partial charge in [-0.3, -0.25) is 4.79 Å². The number of carbonyl (C=O) groups is 1. The molecule has 0 aromatic heterocycles. The highest BCUT2D eigenvalue weighted by Gasteiger charge is 2.21. The first-order valence-corrected chi connectivity index (χ1v) is 4.33. The van der Waals surface area contributed by atoms with Gasteiger partial charge in [-0.2, -0.15) is 0 Å². The highest BCUT2D eigenvalue weighted by atomic mass is 35.5. The predicted octanol–water partition coefficient (Wildman–Crippen LogP) is 1.76. The van der Waals surface area contributed by atoms with Crippen LogP contribution in [0.4, 0.5) is 4.39 Å². The van der Waals surface area contributed by atoms with Gasteiger partial charge in [0, 0.05) is 6.54 Å². The van der Waals surface area contributed by atoms with Gasteiger partial charge in [0.1, 0.15) is 5.82 Å². The Balaban J connectivity index is 2.65. The zero-order valence-electron chi connectivity index (χ0n) is 6.73. The highest BCUT2D eigenvalue weighted by molar-refractivity contribution is 6.34. The third-order valence-corrected chi connectivity index (χ3v) is 2.46. The van der Waals surface area contributed by atoms with E-state index in [4.69, 9.17) is 11.6 Å². The molecule has 0 bridgehead atoms. The molecule has 68 valence electrons. The predicted molar refractivity (Wildman–Crippen MR) is 47.4 cm³/mol. The van der Waals surface area contributed by atoms with Gasteiger partial charge in [-0.1, -0.05) is 17.7 Å². The van der Waals surface area contributed by atoms with Crippen molar-refractivity contribution in [1.29, 1.82) is 0 Å². The molecule has 0 fully saturated rings. The van der Waals surface area contributed by atoms with Crippen LogP contribution >= 0.6 is 11.6 Å². The fourth-order valence-corrected chi connectivity index (χ4v) is 1.71. The molecular formula is C9H7ClFNO. The van der Waals surface area contributed by atoms with Gasteiger partial charge in [0.25, 0.3) is 5.91 Å². The maximum Gasteiger partial charge on any atom is 0.253 e. The highest BCUT2D eigenvalue weighted by Crippen LogP contribution is 2.25. The molecule has 0 aliphatic carbocycles. The number of carbonyl (C=O) groups excluding carboxylic acids is 1. The Hall–Kier alpha value is -1.09. The smallest absolute Gasteiger partial charge is 0.253 e. The van der Waals surface area contributed by atoms with Crippen LogP contribution in [0.25, 0.3) is 0 Å². The molecule has 1 aromatic carbocycles. The standard InChI is InChI=1S/C9H7ClFNO/c10-8-6(11)2-1-5-3-4-12-9(13)7(5)8/h1-2H,3-4H2,(H,12,13). The van der Waals surface area contributed by atoms with Gasteiger partial charge >= 0.3 is 0 Å². The number of fused-ring (bicyclic) bond motifs is 1. The molecule has 1 aromatic rings. The minimum Gasteiger partial charge on any atom is -0.352 e. The number of hydrogen-bond acceptors (Lipinski definition) is 1. The lowest BCUT2D eigenvalue weighted by Crippen LogP contribution is -2.32. The van der Waals surface area contributed by atoms with Crippen molar-refractivity contribution in [1.82, 2.24) is 5.32 Å². The van der Waals surface area contributed by atoms with E-state index in [0.29, 0.717) is 13.0 Å². The van der Waals surface area contributed by atoms with Gasteiger partial charge in [-0.05, 0) is 18.1 Å². The average Bonchev–Trinajstić information content (AvgIpc) is 2.12. The summed E-state index contributed by atoms with van der Waals surface area (Å²) in [5, 5.41) is 2.54. The van der Waals surface area contributed by atoms with E-state index in [-0.39, 0.29) is 16.5 Å². The number of amides is 1. The molecule has 1 aliphatic rings. The lowest BCUT2D eigenvalue weighted by molar-refractivity contribution is 0.0945. The maximum atomic E-state index is 13.0. The van der Waals surface area contributed by atoms with Crippen LogP contribution in [0.5, 0.6) is 0 Å². The second-order valence-electron chi connectivity index (χ2n) is 2.90. The van der Waals surface area contributed by atoms with E-state index in [9.17, 15) is 9.18 Å². The van der Waals surface area contributed by atoms with E-state index in [1.165, 1.54) is 6.07 Å². The Morgan fingerprint density at radius 2 is 2.23 bits per heavy atom. The summed E-state index contributed by atoms with van der Waals surface area (Å²) in [6.45, 7) is 0.591. The Morgan fingerprint density at radius 1 is 1.46 bits per heavy atom. The SMILES string of the molecule is O=C1NCCc2ccc(F)c(Cl)c21. The third kappa shape index (κ3) is 1.29. The van der Waals surface area contributed by atoms with Gasteiger partial charge in [-0.25, -0.2) is 4.39 Å². The molecular weight excluding hydrogens is 193 g/mol. The molecule has 0 unspecified atom stereocenters. The Morgan fingerprint density at radius 3 is 3.00 bits per heavy atom. The van der Waals surface area contributed by atoms with E-state index < -0.39 is 5.82 Å². The first kappa shape index (κ1) is 8.51. The summed E-state index contributed by atoms with van der Waals surface area (Å²) in [5.74, 6) is -0.830. The number of hydrogen-bond donors (Lipinski definition) is 1.